The van der Waals surface area contributed by atoms with Gasteiger partial charge in [0.15, 0.2) is 0 Å². The van der Waals surface area contributed by atoms with Crippen molar-refractivity contribution < 1.29 is 9.59 Å². The smallest absolute Gasteiger partial charge is 0.325 e. The lowest BCUT2D eigenvalue weighted by atomic mass is 9.82. The van der Waals surface area contributed by atoms with Crippen molar-refractivity contribution in [3.05, 3.63) is 0 Å². The number of nitrogens with one attached hydrogen (secondary N) is 1. The Bertz CT molecular complexity index is 311. The fraction of sp³-hybridized carbons (Fsp3) is 0.846. The van der Waals surface area contributed by atoms with Crippen LogP contribution in [0.1, 0.15) is 52.4 Å². The van der Waals surface area contributed by atoms with Crippen molar-refractivity contribution in [3.8, 4) is 0 Å². The maximum atomic E-state index is 12.0. The molecule has 2 fully saturated rings. The zero-order chi connectivity index (χ0) is 12.4. The van der Waals surface area contributed by atoms with Crippen LogP contribution in [0.4, 0.5) is 4.79 Å². The van der Waals surface area contributed by atoms with Crippen molar-refractivity contribution in [2.24, 2.45) is 5.92 Å². The molecule has 1 aliphatic heterocycles. The highest BCUT2D eigenvalue weighted by Crippen LogP contribution is 2.31. The van der Waals surface area contributed by atoms with E-state index in [4.69, 9.17) is 0 Å². The Hall–Kier alpha value is -1.06. The number of rotatable bonds is 3. The molecule has 1 unspecified atom stereocenters. The fourth-order valence-electron chi connectivity index (χ4n) is 3.18. The zero-order valence-electron chi connectivity index (χ0n) is 10.7. The van der Waals surface area contributed by atoms with Crippen molar-refractivity contribution >= 4 is 11.9 Å². The molecule has 2 atom stereocenters. The zero-order valence-corrected chi connectivity index (χ0v) is 10.7. The van der Waals surface area contributed by atoms with Gasteiger partial charge in [-0.15, -0.1) is 0 Å². The molecule has 3 amide bonds. The first kappa shape index (κ1) is 12.4. The predicted octanol–water partition coefficient (Wildman–Crippen LogP) is 2.29. The van der Waals surface area contributed by atoms with E-state index in [-0.39, 0.29) is 24.0 Å². The molecule has 0 bridgehead atoms. The maximum Gasteiger partial charge on any atom is 0.325 e. The summed E-state index contributed by atoms with van der Waals surface area (Å²) in [6, 6.07) is -0.437. The van der Waals surface area contributed by atoms with Gasteiger partial charge in [-0.3, -0.25) is 9.69 Å². The van der Waals surface area contributed by atoms with Gasteiger partial charge in [0.1, 0.15) is 6.04 Å². The van der Waals surface area contributed by atoms with Crippen LogP contribution in [-0.4, -0.2) is 28.9 Å². The third kappa shape index (κ3) is 2.31. The van der Waals surface area contributed by atoms with Crippen LogP contribution in [0, 0.1) is 5.92 Å². The van der Waals surface area contributed by atoms with Gasteiger partial charge in [-0.1, -0.05) is 26.2 Å². The van der Waals surface area contributed by atoms with Crippen LogP contribution < -0.4 is 5.32 Å². The average molecular weight is 238 g/mol. The molecule has 4 heteroatoms. The van der Waals surface area contributed by atoms with Gasteiger partial charge in [-0.05, 0) is 32.1 Å². The summed E-state index contributed by atoms with van der Waals surface area (Å²) in [5.41, 5.74) is 0. The second-order valence-corrected chi connectivity index (χ2v) is 5.25. The third-order valence-electron chi connectivity index (χ3n) is 4.11. The second-order valence-electron chi connectivity index (χ2n) is 5.25. The molecule has 0 spiro atoms. The minimum atomic E-state index is -0.347. The van der Waals surface area contributed by atoms with Crippen LogP contribution >= 0.6 is 0 Å². The van der Waals surface area contributed by atoms with Gasteiger partial charge >= 0.3 is 6.03 Å². The summed E-state index contributed by atoms with van der Waals surface area (Å²) in [5, 5.41) is 2.71. The lowest BCUT2D eigenvalue weighted by molar-refractivity contribution is -0.129. The van der Waals surface area contributed by atoms with E-state index in [2.05, 4.69) is 12.2 Å². The Morgan fingerprint density at radius 1 is 1.29 bits per heavy atom. The number of hydrogen-bond donors (Lipinski definition) is 1. The quantitative estimate of drug-likeness (QED) is 0.767. The van der Waals surface area contributed by atoms with Gasteiger partial charge in [0.05, 0.1) is 0 Å². The molecular weight excluding hydrogens is 216 g/mol. The summed E-state index contributed by atoms with van der Waals surface area (Å²) >= 11 is 0. The Morgan fingerprint density at radius 3 is 2.41 bits per heavy atom. The number of carbonyl (C=O) groups is 2. The van der Waals surface area contributed by atoms with Crippen molar-refractivity contribution in [1.29, 1.82) is 0 Å². The van der Waals surface area contributed by atoms with E-state index in [1.165, 1.54) is 24.2 Å². The molecule has 0 radical (unpaired) electrons. The van der Waals surface area contributed by atoms with Gasteiger partial charge < -0.3 is 5.32 Å². The van der Waals surface area contributed by atoms with Crippen LogP contribution in [0.2, 0.25) is 0 Å². The summed E-state index contributed by atoms with van der Waals surface area (Å²) < 4.78 is 0. The second kappa shape index (κ2) is 5.07. The predicted molar refractivity (Wildman–Crippen MR) is 65.5 cm³/mol. The number of urea groups is 1. The van der Waals surface area contributed by atoms with Gasteiger partial charge in [0.2, 0.25) is 0 Å². The van der Waals surface area contributed by atoms with Crippen LogP contribution in [0.15, 0.2) is 0 Å². The summed E-state index contributed by atoms with van der Waals surface area (Å²) in [6.07, 6.45) is 6.95. The minimum Gasteiger partial charge on any atom is -0.326 e. The maximum absolute atomic E-state index is 12.0. The molecule has 2 aliphatic rings. The minimum absolute atomic E-state index is 0.0487. The lowest BCUT2D eigenvalue weighted by Gasteiger charge is -2.34. The topological polar surface area (TPSA) is 49.4 Å². The summed E-state index contributed by atoms with van der Waals surface area (Å²) in [4.78, 5) is 25.3. The monoisotopic (exact) mass is 238 g/mol. The van der Waals surface area contributed by atoms with E-state index < -0.39 is 0 Å². The molecule has 0 aromatic carbocycles. The first-order valence-corrected chi connectivity index (χ1v) is 6.78. The largest absolute Gasteiger partial charge is 0.326 e. The van der Waals surface area contributed by atoms with E-state index >= 15 is 0 Å². The number of hydrogen-bond acceptors (Lipinski definition) is 2. The van der Waals surface area contributed by atoms with E-state index in [1.807, 2.05) is 0 Å². The number of carbonyl (C=O) groups excluding carboxylic acids is 2. The lowest BCUT2D eigenvalue weighted by Crippen LogP contribution is -2.45. The highest BCUT2D eigenvalue weighted by molar-refractivity contribution is 6.04. The third-order valence-corrected chi connectivity index (χ3v) is 4.11. The number of nitrogens with zero attached hydrogens (tertiary/aromatic N) is 1. The van der Waals surface area contributed by atoms with E-state index in [1.54, 1.807) is 6.92 Å². The molecule has 2 rings (SSSR count). The molecule has 1 aliphatic carbocycles. The molecule has 1 heterocycles. The molecular formula is C13H22N2O2. The SMILES string of the molecule is CCC(C1CCCCC1)N1C(=O)N[C@H](C)C1=O. The Kier molecular flexibility index (Phi) is 3.69. The summed E-state index contributed by atoms with van der Waals surface area (Å²) in [7, 11) is 0. The van der Waals surface area contributed by atoms with Crippen molar-refractivity contribution in [2.75, 3.05) is 0 Å². The van der Waals surface area contributed by atoms with Crippen molar-refractivity contribution in [2.45, 2.75) is 64.5 Å². The van der Waals surface area contributed by atoms with Crippen LogP contribution in [0.5, 0.6) is 0 Å². The molecule has 4 nitrogen and oxygen atoms in total. The molecule has 0 aromatic rings. The van der Waals surface area contributed by atoms with Gasteiger partial charge in [0, 0.05) is 6.04 Å². The molecule has 1 saturated carbocycles. The molecule has 1 N–H and O–H groups in total. The van der Waals surface area contributed by atoms with Gasteiger partial charge in [0.25, 0.3) is 5.91 Å². The van der Waals surface area contributed by atoms with Crippen LogP contribution in [0.3, 0.4) is 0 Å². The highest BCUT2D eigenvalue weighted by atomic mass is 16.2. The fourth-order valence-corrected chi connectivity index (χ4v) is 3.18. The van der Waals surface area contributed by atoms with Crippen molar-refractivity contribution in [3.63, 3.8) is 0 Å². The van der Waals surface area contributed by atoms with E-state index in [0.717, 1.165) is 19.3 Å². The van der Waals surface area contributed by atoms with Crippen LogP contribution in [-0.2, 0) is 4.79 Å². The van der Waals surface area contributed by atoms with E-state index in [9.17, 15) is 9.59 Å². The Morgan fingerprint density at radius 2 is 1.94 bits per heavy atom. The van der Waals surface area contributed by atoms with Gasteiger partial charge in [-0.25, -0.2) is 4.79 Å². The standard InChI is InChI=1S/C13H22N2O2/c1-3-11(10-7-5-4-6-8-10)15-12(16)9(2)14-13(15)17/h9-11H,3-8H2,1-2H3,(H,14,17)/t9-,11?/m1/s1. The molecule has 1 saturated heterocycles. The summed E-state index contributed by atoms with van der Waals surface area (Å²) in [6.45, 7) is 3.83. The molecule has 0 aromatic heterocycles. The average Bonchev–Trinajstić information content (AvgIpc) is 2.58. The Labute approximate surface area is 103 Å². The first-order valence-electron chi connectivity index (χ1n) is 6.78. The normalized spacial score (nSPS) is 28.4. The number of amides is 3. The Balaban J connectivity index is 2.11. The molecule has 17 heavy (non-hydrogen) atoms. The van der Waals surface area contributed by atoms with Crippen molar-refractivity contribution in [1.82, 2.24) is 10.2 Å². The number of imide groups is 1. The van der Waals surface area contributed by atoms with Gasteiger partial charge in [-0.2, -0.15) is 0 Å². The summed E-state index contributed by atoms with van der Waals surface area (Å²) in [5.74, 6) is 0.459. The van der Waals surface area contributed by atoms with Crippen LogP contribution in [0.25, 0.3) is 0 Å². The molecule has 96 valence electrons. The highest BCUT2D eigenvalue weighted by Gasteiger charge is 2.41. The first-order chi connectivity index (χ1) is 8.15. The van der Waals surface area contributed by atoms with E-state index in [0.29, 0.717) is 5.92 Å².